The van der Waals surface area contributed by atoms with Crippen LogP contribution in [0.3, 0.4) is 0 Å². The van der Waals surface area contributed by atoms with Crippen molar-refractivity contribution < 1.29 is 4.79 Å². The van der Waals surface area contributed by atoms with E-state index < -0.39 is 0 Å². The van der Waals surface area contributed by atoms with Crippen LogP contribution in [0.2, 0.25) is 0 Å². The van der Waals surface area contributed by atoms with Crippen LogP contribution in [-0.2, 0) is 11.2 Å². The predicted molar refractivity (Wildman–Crippen MR) is 73.6 cm³/mol. The molecule has 0 aromatic carbocycles. The van der Waals surface area contributed by atoms with Crippen LogP contribution < -0.4 is 5.32 Å². The predicted octanol–water partition coefficient (Wildman–Crippen LogP) is 2.09. The fraction of sp³-hybridized carbons (Fsp3) is 0.400. The van der Waals surface area contributed by atoms with Crippen LogP contribution in [0.1, 0.15) is 25.0 Å². The molecule has 1 N–H and O–H groups in total. The zero-order valence-electron chi connectivity index (χ0n) is 10.8. The first-order chi connectivity index (χ1) is 9.33. The highest BCUT2D eigenvalue weighted by molar-refractivity contribution is 5.79. The number of aryl methyl sites for hydroxylation is 1. The van der Waals surface area contributed by atoms with E-state index >= 15 is 0 Å². The van der Waals surface area contributed by atoms with Gasteiger partial charge in [0.05, 0.1) is 0 Å². The van der Waals surface area contributed by atoms with E-state index in [9.17, 15) is 4.79 Å². The van der Waals surface area contributed by atoms with Crippen molar-refractivity contribution in [2.45, 2.75) is 25.7 Å². The first-order valence-electron chi connectivity index (χ1n) is 6.81. The Bertz CT molecular complexity index is 597. The zero-order chi connectivity index (χ0) is 13.1. The average molecular weight is 255 g/mol. The number of aromatic nitrogens is 2. The molecule has 0 spiro atoms. The van der Waals surface area contributed by atoms with Crippen LogP contribution in [0.15, 0.2) is 30.5 Å². The third-order valence-corrected chi connectivity index (χ3v) is 3.67. The Morgan fingerprint density at radius 3 is 3.16 bits per heavy atom. The smallest absolute Gasteiger partial charge is 0.223 e. The standard InChI is InChI=1S/C15H17N3O/c19-15-12(4-2-10-17-15)6-8-13-7-5-11-3-1-9-16-14(11)18-13/h1,3,5,7,9,12H,2,4,6,8,10H2,(H,17,19). The van der Waals surface area contributed by atoms with Crippen molar-refractivity contribution in [3.8, 4) is 0 Å². The highest BCUT2D eigenvalue weighted by atomic mass is 16.1. The lowest BCUT2D eigenvalue weighted by atomic mass is 9.93. The van der Waals surface area contributed by atoms with E-state index in [-0.39, 0.29) is 11.8 Å². The third-order valence-electron chi connectivity index (χ3n) is 3.67. The van der Waals surface area contributed by atoms with Gasteiger partial charge in [-0.25, -0.2) is 9.97 Å². The molecule has 4 nitrogen and oxygen atoms in total. The van der Waals surface area contributed by atoms with E-state index in [1.807, 2.05) is 24.3 Å². The second-order valence-corrected chi connectivity index (χ2v) is 5.02. The Labute approximate surface area is 112 Å². The molecule has 1 atom stereocenters. The van der Waals surface area contributed by atoms with Crippen LogP contribution in [0.4, 0.5) is 0 Å². The minimum atomic E-state index is 0.148. The van der Waals surface area contributed by atoms with Crippen molar-refractivity contribution in [1.82, 2.24) is 15.3 Å². The third kappa shape index (κ3) is 2.72. The van der Waals surface area contributed by atoms with Crippen molar-refractivity contribution in [3.63, 3.8) is 0 Å². The van der Waals surface area contributed by atoms with Crippen molar-refractivity contribution in [3.05, 3.63) is 36.2 Å². The summed E-state index contributed by atoms with van der Waals surface area (Å²) >= 11 is 0. The summed E-state index contributed by atoms with van der Waals surface area (Å²) in [6.07, 6.45) is 5.55. The normalized spacial score (nSPS) is 19.4. The summed E-state index contributed by atoms with van der Waals surface area (Å²) in [6, 6.07) is 8.00. The summed E-state index contributed by atoms with van der Waals surface area (Å²) in [4.78, 5) is 20.5. The lowest BCUT2D eigenvalue weighted by Gasteiger charge is -2.21. The van der Waals surface area contributed by atoms with Gasteiger partial charge in [-0.1, -0.05) is 0 Å². The molecule has 3 rings (SSSR count). The summed E-state index contributed by atoms with van der Waals surface area (Å²) in [5.41, 5.74) is 1.80. The first-order valence-corrected chi connectivity index (χ1v) is 6.81. The van der Waals surface area contributed by atoms with Gasteiger partial charge in [0.15, 0.2) is 5.65 Å². The number of hydrogen-bond donors (Lipinski definition) is 1. The van der Waals surface area contributed by atoms with Gasteiger partial charge >= 0.3 is 0 Å². The summed E-state index contributed by atoms with van der Waals surface area (Å²) in [5, 5.41) is 3.98. The first kappa shape index (κ1) is 12.1. The molecule has 1 aliphatic rings. The highest BCUT2D eigenvalue weighted by Crippen LogP contribution is 2.18. The molecule has 3 heterocycles. The topological polar surface area (TPSA) is 54.9 Å². The Morgan fingerprint density at radius 2 is 2.26 bits per heavy atom. The van der Waals surface area contributed by atoms with Gasteiger partial charge < -0.3 is 5.32 Å². The number of pyridine rings is 2. The zero-order valence-corrected chi connectivity index (χ0v) is 10.8. The Hall–Kier alpha value is -1.97. The van der Waals surface area contributed by atoms with E-state index in [1.54, 1.807) is 6.20 Å². The molecule has 0 aliphatic carbocycles. The minimum absolute atomic E-state index is 0.148. The molecular formula is C15H17N3O. The fourth-order valence-electron chi connectivity index (χ4n) is 2.56. The van der Waals surface area contributed by atoms with Crippen molar-refractivity contribution in [2.75, 3.05) is 6.54 Å². The van der Waals surface area contributed by atoms with E-state index in [1.165, 1.54) is 0 Å². The largest absolute Gasteiger partial charge is 0.356 e. The Morgan fingerprint density at radius 1 is 1.32 bits per heavy atom. The molecule has 2 aromatic heterocycles. The van der Waals surface area contributed by atoms with Crippen molar-refractivity contribution >= 4 is 16.9 Å². The van der Waals surface area contributed by atoms with Gasteiger partial charge in [0.25, 0.3) is 0 Å². The number of carbonyl (C=O) groups is 1. The Balaban J connectivity index is 1.69. The van der Waals surface area contributed by atoms with E-state index in [4.69, 9.17) is 0 Å². The number of piperidine rings is 1. The number of amides is 1. The molecule has 1 fully saturated rings. The van der Waals surface area contributed by atoms with E-state index in [0.717, 1.165) is 49.0 Å². The maximum absolute atomic E-state index is 11.7. The van der Waals surface area contributed by atoms with Crippen LogP contribution in [-0.4, -0.2) is 22.4 Å². The van der Waals surface area contributed by atoms with E-state index in [2.05, 4.69) is 15.3 Å². The van der Waals surface area contributed by atoms with Gasteiger partial charge in [0, 0.05) is 29.7 Å². The maximum atomic E-state index is 11.7. The van der Waals surface area contributed by atoms with Gasteiger partial charge in [-0.3, -0.25) is 4.79 Å². The van der Waals surface area contributed by atoms with Crippen LogP contribution in [0.5, 0.6) is 0 Å². The lowest BCUT2D eigenvalue weighted by Crippen LogP contribution is -2.36. The maximum Gasteiger partial charge on any atom is 0.223 e. The van der Waals surface area contributed by atoms with Crippen molar-refractivity contribution in [2.24, 2.45) is 5.92 Å². The minimum Gasteiger partial charge on any atom is -0.356 e. The molecule has 2 aromatic rings. The summed E-state index contributed by atoms with van der Waals surface area (Å²) in [5.74, 6) is 0.347. The van der Waals surface area contributed by atoms with Crippen LogP contribution in [0.25, 0.3) is 11.0 Å². The molecule has 4 heteroatoms. The van der Waals surface area contributed by atoms with Gasteiger partial charge in [0.1, 0.15) is 0 Å². The molecular weight excluding hydrogens is 238 g/mol. The SMILES string of the molecule is O=C1NCCCC1CCc1ccc2cccnc2n1. The van der Waals surface area contributed by atoms with Gasteiger partial charge in [-0.05, 0) is 49.9 Å². The quantitative estimate of drug-likeness (QED) is 0.913. The lowest BCUT2D eigenvalue weighted by molar-refractivity contribution is -0.126. The monoisotopic (exact) mass is 255 g/mol. The molecule has 19 heavy (non-hydrogen) atoms. The summed E-state index contributed by atoms with van der Waals surface area (Å²) < 4.78 is 0. The van der Waals surface area contributed by atoms with Gasteiger partial charge in [-0.15, -0.1) is 0 Å². The second-order valence-electron chi connectivity index (χ2n) is 5.02. The molecule has 0 radical (unpaired) electrons. The molecule has 1 amide bonds. The molecule has 1 aliphatic heterocycles. The molecule has 0 saturated carbocycles. The van der Waals surface area contributed by atoms with Crippen molar-refractivity contribution in [1.29, 1.82) is 0 Å². The Kier molecular flexibility index (Phi) is 3.40. The molecule has 98 valence electrons. The summed E-state index contributed by atoms with van der Waals surface area (Å²) in [6.45, 7) is 0.827. The molecule has 0 bridgehead atoms. The van der Waals surface area contributed by atoms with Gasteiger partial charge in [0.2, 0.25) is 5.91 Å². The number of nitrogens with zero attached hydrogens (tertiary/aromatic N) is 2. The van der Waals surface area contributed by atoms with Crippen LogP contribution >= 0.6 is 0 Å². The number of rotatable bonds is 3. The van der Waals surface area contributed by atoms with E-state index in [0.29, 0.717) is 0 Å². The summed E-state index contributed by atoms with van der Waals surface area (Å²) in [7, 11) is 0. The number of carbonyl (C=O) groups excluding carboxylic acids is 1. The number of fused-ring (bicyclic) bond motifs is 1. The number of nitrogens with one attached hydrogen (secondary N) is 1. The molecule has 1 saturated heterocycles. The second kappa shape index (κ2) is 5.34. The van der Waals surface area contributed by atoms with Gasteiger partial charge in [-0.2, -0.15) is 0 Å². The fourth-order valence-corrected chi connectivity index (χ4v) is 2.56. The number of hydrogen-bond acceptors (Lipinski definition) is 3. The molecule has 1 unspecified atom stereocenters. The average Bonchev–Trinajstić information content (AvgIpc) is 2.46. The van der Waals surface area contributed by atoms with Crippen LogP contribution in [0, 0.1) is 5.92 Å². The highest BCUT2D eigenvalue weighted by Gasteiger charge is 2.21.